The number of carbonyl (C=O) groups is 4. The van der Waals surface area contributed by atoms with E-state index in [0.29, 0.717) is 26.2 Å². The van der Waals surface area contributed by atoms with E-state index in [-0.39, 0.29) is 31.2 Å². The Hall–Kier alpha value is -3.57. The van der Waals surface area contributed by atoms with Gasteiger partial charge in [-0.2, -0.15) is 0 Å². The van der Waals surface area contributed by atoms with E-state index < -0.39 is 41.4 Å². The van der Waals surface area contributed by atoms with E-state index in [9.17, 15) is 23.6 Å². The van der Waals surface area contributed by atoms with Crippen LogP contribution >= 0.6 is 0 Å². The zero-order chi connectivity index (χ0) is 29.0. The molecule has 0 saturated carbocycles. The molecule has 3 rings (SSSR count). The van der Waals surface area contributed by atoms with Crippen LogP contribution < -0.4 is 15.5 Å². The molecule has 1 aromatic rings. The van der Waals surface area contributed by atoms with Crippen LogP contribution in [-0.4, -0.2) is 96.4 Å². The zero-order valence-electron chi connectivity index (χ0n) is 23.6. The number of ether oxygens (including phenoxy) is 2. The number of hydrogen-bond acceptors (Lipinski definition) is 7. The number of halogens is 1. The van der Waals surface area contributed by atoms with Crippen molar-refractivity contribution in [2.24, 2.45) is 0 Å². The summed E-state index contributed by atoms with van der Waals surface area (Å²) in [7, 11) is 0. The summed E-state index contributed by atoms with van der Waals surface area (Å²) in [6.45, 7) is 12.2. The SMILES string of the molecule is CC(C)(C)OC(=O)NCC(=O)NC1C[C@@H](C(=O)N2CCN(c3ccc(F)cc3)CC2)N(C(=O)OC(C)(C)C)C1. The molecular formula is C27H40FN5O6. The highest BCUT2D eigenvalue weighted by atomic mass is 19.1. The number of amides is 4. The lowest BCUT2D eigenvalue weighted by atomic mass is 10.1. The van der Waals surface area contributed by atoms with Crippen LogP contribution in [-0.2, 0) is 19.1 Å². The van der Waals surface area contributed by atoms with E-state index in [2.05, 4.69) is 15.5 Å². The molecule has 216 valence electrons. The fourth-order valence-electron chi connectivity index (χ4n) is 4.49. The van der Waals surface area contributed by atoms with Gasteiger partial charge in [0.2, 0.25) is 11.8 Å². The van der Waals surface area contributed by atoms with Gasteiger partial charge in [-0.05, 0) is 72.2 Å². The largest absolute Gasteiger partial charge is 0.444 e. The molecular weight excluding hydrogens is 509 g/mol. The van der Waals surface area contributed by atoms with Gasteiger partial charge in [-0.25, -0.2) is 14.0 Å². The maximum Gasteiger partial charge on any atom is 0.411 e. The van der Waals surface area contributed by atoms with Crippen molar-refractivity contribution in [3.63, 3.8) is 0 Å². The third-order valence-electron chi connectivity index (χ3n) is 6.15. The van der Waals surface area contributed by atoms with Crippen molar-refractivity contribution in [1.29, 1.82) is 0 Å². The minimum atomic E-state index is -0.804. The number of piperazine rings is 1. The highest BCUT2D eigenvalue weighted by Crippen LogP contribution is 2.25. The number of nitrogens with one attached hydrogen (secondary N) is 2. The van der Waals surface area contributed by atoms with Crippen molar-refractivity contribution in [3.05, 3.63) is 30.1 Å². The van der Waals surface area contributed by atoms with E-state index in [1.807, 2.05) is 0 Å². The van der Waals surface area contributed by atoms with Gasteiger partial charge in [0.15, 0.2) is 0 Å². The summed E-state index contributed by atoms with van der Waals surface area (Å²) < 4.78 is 24.0. The number of nitrogens with zero attached hydrogens (tertiary/aromatic N) is 3. The van der Waals surface area contributed by atoms with Crippen molar-refractivity contribution < 1.29 is 33.0 Å². The number of likely N-dealkylation sites (tertiary alicyclic amines) is 1. The smallest absolute Gasteiger partial charge is 0.411 e. The summed E-state index contributed by atoms with van der Waals surface area (Å²) in [6.07, 6.45) is -1.13. The second-order valence-electron chi connectivity index (χ2n) is 11.8. The minimum Gasteiger partial charge on any atom is -0.444 e. The van der Waals surface area contributed by atoms with E-state index in [4.69, 9.17) is 9.47 Å². The first-order valence-corrected chi connectivity index (χ1v) is 13.2. The van der Waals surface area contributed by atoms with E-state index in [0.717, 1.165) is 5.69 Å². The van der Waals surface area contributed by atoms with E-state index in [1.165, 1.54) is 17.0 Å². The summed E-state index contributed by atoms with van der Waals surface area (Å²) in [5.74, 6) is -0.988. The number of benzene rings is 1. The molecule has 2 fully saturated rings. The van der Waals surface area contributed by atoms with E-state index >= 15 is 0 Å². The van der Waals surface area contributed by atoms with Crippen molar-refractivity contribution in [1.82, 2.24) is 20.4 Å². The summed E-state index contributed by atoms with van der Waals surface area (Å²) in [4.78, 5) is 56.1. The summed E-state index contributed by atoms with van der Waals surface area (Å²) in [5, 5.41) is 5.20. The van der Waals surface area contributed by atoms with Gasteiger partial charge in [-0.1, -0.05) is 0 Å². The molecule has 0 aromatic heterocycles. The van der Waals surface area contributed by atoms with Crippen molar-refractivity contribution in [2.75, 3.05) is 44.2 Å². The fourth-order valence-corrected chi connectivity index (χ4v) is 4.49. The Morgan fingerprint density at radius 2 is 1.51 bits per heavy atom. The first-order chi connectivity index (χ1) is 18.1. The Morgan fingerprint density at radius 3 is 2.08 bits per heavy atom. The van der Waals surface area contributed by atoms with Crippen LogP contribution in [0, 0.1) is 5.82 Å². The molecule has 0 spiro atoms. The summed E-state index contributed by atoms with van der Waals surface area (Å²) in [6, 6.07) is 4.92. The second-order valence-corrected chi connectivity index (χ2v) is 11.8. The number of hydrogen-bond donors (Lipinski definition) is 2. The second kappa shape index (κ2) is 12.1. The average molecular weight is 550 g/mol. The molecule has 39 heavy (non-hydrogen) atoms. The van der Waals surface area contributed by atoms with Gasteiger partial charge in [-0.15, -0.1) is 0 Å². The molecule has 2 aliphatic rings. The van der Waals surface area contributed by atoms with Gasteiger partial charge >= 0.3 is 12.2 Å². The molecule has 2 saturated heterocycles. The zero-order valence-corrected chi connectivity index (χ0v) is 23.6. The molecule has 2 aliphatic heterocycles. The first-order valence-electron chi connectivity index (χ1n) is 13.2. The molecule has 12 heteroatoms. The quantitative estimate of drug-likeness (QED) is 0.579. The van der Waals surface area contributed by atoms with Crippen LogP contribution in [0.15, 0.2) is 24.3 Å². The maximum atomic E-state index is 13.6. The molecule has 0 aliphatic carbocycles. The van der Waals surface area contributed by atoms with Gasteiger partial charge in [-0.3, -0.25) is 14.5 Å². The molecule has 1 aromatic carbocycles. The summed E-state index contributed by atoms with van der Waals surface area (Å²) >= 11 is 0. The number of rotatable bonds is 5. The van der Waals surface area contributed by atoms with Crippen LogP contribution in [0.3, 0.4) is 0 Å². The molecule has 1 unspecified atom stereocenters. The number of alkyl carbamates (subject to hydrolysis) is 1. The van der Waals surface area contributed by atoms with Crippen LogP contribution in [0.1, 0.15) is 48.0 Å². The highest BCUT2D eigenvalue weighted by molar-refractivity contribution is 5.87. The predicted molar refractivity (Wildman–Crippen MR) is 143 cm³/mol. The first kappa shape index (κ1) is 30.0. The third-order valence-corrected chi connectivity index (χ3v) is 6.15. The molecule has 0 bridgehead atoms. The molecule has 2 atom stereocenters. The number of carbonyl (C=O) groups excluding carboxylic acids is 4. The fraction of sp³-hybridized carbons (Fsp3) is 0.630. The third kappa shape index (κ3) is 9.00. The lowest BCUT2D eigenvalue weighted by molar-refractivity contribution is -0.136. The van der Waals surface area contributed by atoms with E-state index in [1.54, 1.807) is 58.6 Å². The Bertz CT molecular complexity index is 1040. The standard InChI is InChI=1S/C27H40FN5O6/c1-26(2,3)38-24(36)29-16-22(34)30-19-15-21(33(17-19)25(37)39-27(4,5)6)23(35)32-13-11-31(12-14-32)20-9-7-18(28)8-10-20/h7-10,19,21H,11-17H2,1-6H3,(H,29,36)(H,30,34)/t19?,21-/m0/s1. The summed E-state index contributed by atoms with van der Waals surface area (Å²) in [5.41, 5.74) is -0.579. The Labute approximate surface area is 229 Å². The van der Waals surface area contributed by atoms with Gasteiger partial charge in [0.05, 0.1) is 0 Å². The van der Waals surface area contributed by atoms with Gasteiger partial charge in [0, 0.05) is 44.5 Å². The minimum absolute atomic E-state index is 0.0963. The van der Waals surface area contributed by atoms with Crippen LogP contribution in [0.5, 0.6) is 0 Å². The van der Waals surface area contributed by atoms with Crippen molar-refractivity contribution in [2.45, 2.75) is 71.2 Å². The molecule has 2 N–H and O–H groups in total. The van der Waals surface area contributed by atoms with Gasteiger partial charge in [0.25, 0.3) is 0 Å². The Morgan fingerprint density at radius 1 is 0.923 bits per heavy atom. The van der Waals surface area contributed by atoms with Crippen LogP contribution in [0.4, 0.5) is 19.7 Å². The van der Waals surface area contributed by atoms with Crippen LogP contribution in [0.2, 0.25) is 0 Å². The molecule has 0 radical (unpaired) electrons. The van der Waals surface area contributed by atoms with Crippen molar-refractivity contribution in [3.8, 4) is 0 Å². The Kier molecular flexibility index (Phi) is 9.29. The topological polar surface area (TPSA) is 121 Å². The van der Waals surface area contributed by atoms with Gasteiger partial charge in [0.1, 0.15) is 29.6 Å². The number of anilines is 1. The monoisotopic (exact) mass is 549 g/mol. The molecule has 11 nitrogen and oxygen atoms in total. The lowest BCUT2D eigenvalue weighted by Crippen LogP contribution is -2.54. The molecule has 2 heterocycles. The average Bonchev–Trinajstić information content (AvgIpc) is 3.25. The highest BCUT2D eigenvalue weighted by Gasteiger charge is 2.44. The lowest BCUT2D eigenvalue weighted by Gasteiger charge is -2.38. The van der Waals surface area contributed by atoms with Gasteiger partial charge < -0.3 is 29.9 Å². The maximum absolute atomic E-state index is 13.6. The predicted octanol–water partition coefficient (Wildman–Crippen LogP) is 2.49. The Balaban J connectivity index is 1.62. The molecule has 4 amide bonds. The van der Waals surface area contributed by atoms with Crippen LogP contribution in [0.25, 0.3) is 0 Å². The van der Waals surface area contributed by atoms with Crippen molar-refractivity contribution >= 4 is 29.7 Å². The normalized spacial score (nSPS) is 19.9.